The van der Waals surface area contributed by atoms with E-state index < -0.39 is 5.60 Å². The Bertz CT molecular complexity index is 393. The molecule has 94 valence electrons. The highest BCUT2D eigenvalue weighted by molar-refractivity contribution is 5.32. The van der Waals surface area contributed by atoms with E-state index >= 15 is 0 Å². The first kappa shape index (κ1) is 12.4. The number of benzene rings is 1. The summed E-state index contributed by atoms with van der Waals surface area (Å²) >= 11 is 0. The standard InChI is InChI=1S/C13H20N2O2/c1-12(10-3-5-11(16)6-4-10)13(15,9-14)7-2-8-17-12/h3-6,16H,2,7-9,14-15H2,1H3/p+2. The summed E-state index contributed by atoms with van der Waals surface area (Å²) in [4.78, 5) is 0. The number of hydrogen-bond donors (Lipinski definition) is 3. The summed E-state index contributed by atoms with van der Waals surface area (Å²) in [7, 11) is 0. The minimum absolute atomic E-state index is 0.192. The molecule has 17 heavy (non-hydrogen) atoms. The molecule has 0 amide bonds. The lowest BCUT2D eigenvalue weighted by Crippen LogP contribution is -2.89. The molecule has 1 aromatic carbocycles. The highest BCUT2D eigenvalue weighted by atomic mass is 16.5. The average molecular weight is 238 g/mol. The monoisotopic (exact) mass is 238 g/mol. The van der Waals surface area contributed by atoms with Crippen LogP contribution in [0.2, 0.25) is 0 Å². The highest BCUT2D eigenvalue weighted by Gasteiger charge is 2.54. The summed E-state index contributed by atoms with van der Waals surface area (Å²) in [6.45, 7) is 3.58. The third-order valence-electron chi connectivity index (χ3n) is 4.10. The molecule has 2 atom stereocenters. The van der Waals surface area contributed by atoms with E-state index in [2.05, 4.69) is 18.4 Å². The second-order valence-electron chi connectivity index (χ2n) is 5.06. The smallest absolute Gasteiger partial charge is 0.177 e. The summed E-state index contributed by atoms with van der Waals surface area (Å²) in [6.07, 6.45) is 2.06. The molecule has 0 radical (unpaired) electrons. The van der Waals surface area contributed by atoms with E-state index in [0.29, 0.717) is 0 Å². The SMILES string of the molecule is CC1(c2ccc(O)cc2)OCCCC1([NH3+])C[NH3+]. The van der Waals surface area contributed by atoms with Gasteiger partial charge in [0.15, 0.2) is 5.54 Å². The maximum atomic E-state index is 9.36. The minimum Gasteiger partial charge on any atom is -0.508 e. The van der Waals surface area contributed by atoms with Crippen LogP contribution in [0.25, 0.3) is 0 Å². The first-order valence-electron chi connectivity index (χ1n) is 6.10. The van der Waals surface area contributed by atoms with Crippen LogP contribution >= 0.6 is 0 Å². The van der Waals surface area contributed by atoms with Crippen molar-refractivity contribution >= 4 is 0 Å². The van der Waals surface area contributed by atoms with Crippen LogP contribution in [0.15, 0.2) is 24.3 Å². The Labute approximate surface area is 102 Å². The van der Waals surface area contributed by atoms with Crippen LogP contribution in [-0.4, -0.2) is 23.8 Å². The van der Waals surface area contributed by atoms with Gasteiger partial charge in [-0.3, -0.25) is 0 Å². The Hall–Kier alpha value is -1.10. The molecule has 1 fully saturated rings. The number of aromatic hydroxyl groups is 1. The van der Waals surface area contributed by atoms with Gasteiger partial charge in [-0.1, -0.05) is 12.1 Å². The van der Waals surface area contributed by atoms with Gasteiger partial charge in [0.05, 0.1) is 0 Å². The lowest BCUT2D eigenvalue weighted by atomic mass is 9.72. The molecule has 1 aliphatic heterocycles. The van der Waals surface area contributed by atoms with Gasteiger partial charge in [0.2, 0.25) is 0 Å². The predicted molar refractivity (Wildman–Crippen MR) is 64.0 cm³/mol. The molecule has 4 heteroatoms. The molecular weight excluding hydrogens is 216 g/mol. The van der Waals surface area contributed by atoms with Crippen molar-refractivity contribution in [3.63, 3.8) is 0 Å². The molecule has 2 unspecified atom stereocenters. The van der Waals surface area contributed by atoms with Crippen LogP contribution in [0.5, 0.6) is 5.75 Å². The predicted octanol–water partition coefficient (Wildman–Crippen LogP) is -0.360. The van der Waals surface area contributed by atoms with Gasteiger partial charge in [-0.05, 0) is 31.0 Å². The Morgan fingerprint density at radius 3 is 2.59 bits per heavy atom. The van der Waals surface area contributed by atoms with Crippen LogP contribution in [-0.2, 0) is 10.3 Å². The summed E-state index contributed by atoms with van der Waals surface area (Å²) in [5.74, 6) is 0.275. The Kier molecular flexibility index (Phi) is 3.12. The van der Waals surface area contributed by atoms with Crippen molar-refractivity contribution in [3.8, 4) is 5.75 Å². The fourth-order valence-corrected chi connectivity index (χ4v) is 2.61. The average Bonchev–Trinajstić information content (AvgIpc) is 2.34. The molecule has 4 nitrogen and oxygen atoms in total. The quantitative estimate of drug-likeness (QED) is 0.657. The highest BCUT2D eigenvalue weighted by Crippen LogP contribution is 2.39. The molecule has 2 rings (SSSR count). The Morgan fingerprint density at radius 2 is 2.00 bits per heavy atom. The Morgan fingerprint density at radius 1 is 1.35 bits per heavy atom. The first-order chi connectivity index (χ1) is 8.02. The van der Waals surface area contributed by atoms with Gasteiger partial charge in [0.25, 0.3) is 0 Å². The van der Waals surface area contributed by atoms with Crippen LogP contribution in [0, 0.1) is 0 Å². The van der Waals surface area contributed by atoms with E-state index in [1.54, 1.807) is 12.1 Å². The van der Waals surface area contributed by atoms with Crippen LogP contribution in [0.3, 0.4) is 0 Å². The van der Waals surface area contributed by atoms with Crippen LogP contribution in [0.4, 0.5) is 0 Å². The number of ether oxygens (including phenoxy) is 1. The zero-order valence-electron chi connectivity index (χ0n) is 10.4. The molecule has 1 heterocycles. The zero-order chi connectivity index (χ0) is 12.5. The third-order valence-corrected chi connectivity index (χ3v) is 4.10. The topological polar surface area (TPSA) is 84.7 Å². The van der Waals surface area contributed by atoms with Crippen molar-refractivity contribution in [3.05, 3.63) is 29.8 Å². The van der Waals surface area contributed by atoms with Crippen molar-refractivity contribution in [2.24, 2.45) is 0 Å². The number of phenols is 1. The summed E-state index contributed by atoms with van der Waals surface area (Å²) in [5, 5.41) is 9.36. The lowest BCUT2D eigenvalue weighted by Gasteiger charge is -2.44. The number of hydrogen-bond acceptors (Lipinski definition) is 2. The molecule has 0 bridgehead atoms. The van der Waals surface area contributed by atoms with Crippen molar-refractivity contribution in [1.29, 1.82) is 0 Å². The van der Waals surface area contributed by atoms with E-state index in [9.17, 15) is 5.11 Å². The lowest BCUT2D eigenvalue weighted by molar-refractivity contribution is -0.578. The molecular formula is C13H22N2O2+2. The maximum Gasteiger partial charge on any atom is 0.177 e. The molecule has 1 saturated heterocycles. The molecule has 0 aromatic heterocycles. The number of rotatable bonds is 2. The van der Waals surface area contributed by atoms with Gasteiger partial charge >= 0.3 is 0 Å². The molecule has 7 N–H and O–H groups in total. The first-order valence-corrected chi connectivity index (χ1v) is 6.10. The van der Waals surface area contributed by atoms with Gasteiger partial charge < -0.3 is 21.3 Å². The van der Waals surface area contributed by atoms with E-state index in [4.69, 9.17) is 4.74 Å². The van der Waals surface area contributed by atoms with Crippen LogP contribution < -0.4 is 11.5 Å². The largest absolute Gasteiger partial charge is 0.508 e. The van der Waals surface area contributed by atoms with E-state index in [1.165, 1.54) is 0 Å². The summed E-state index contributed by atoms with van der Waals surface area (Å²) in [5.41, 5.74) is 8.83. The maximum absolute atomic E-state index is 9.36. The van der Waals surface area contributed by atoms with Crippen LogP contribution in [0.1, 0.15) is 25.3 Å². The Balaban J connectivity index is 2.41. The second-order valence-corrected chi connectivity index (χ2v) is 5.06. The minimum atomic E-state index is -0.416. The van der Waals surface area contributed by atoms with Crippen molar-refractivity contribution in [2.75, 3.05) is 13.2 Å². The molecule has 0 aliphatic carbocycles. The molecule has 0 spiro atoms. The van der Waals surface area contributed by atoms with Gasteiger partial charge in [-0.25, -0.2) is 0 Å². The number of quaternary nitrogens is 2. The normalized spacial score (nSPS) is 33.6. The third kappa shape index (κ3) is 1.92. The fourth-order valence-electron chi connectivity index (χ4n) is 2.61. The van der Waals surface area contributed by atoms with Crippen molar-refractivity contribution in [1.82, 2.24) is 0 Å². The van der Waals surface area contributed by atoms with E-state index in [0.717, 1.165) is 31.6 Å². The fraction of sp³-hybridized carbons (Fsp3) is 0.538. The van der Waals surface area contributed by atoms with Crippen molar-refractivity contribution < 1.29 is 21.3 Å². The second kappa shape index (κ2) is 4.29. The summed E-state index contributed by atoms with van der Waals surface area (Å²) in [6, 6.07) is 7.22. The molecule has 0 saturated carbocycles. The number of phenolic OH excluding ortho intramolecular Hbond substituents is 1. The van der Waals surface area contributed by atoms with Crippen molar-refractivity contribution in [2.45, 2.75) is 30.9 Å². The molecule has 1 aromatic rings. The van der Waals surface area contributed by atoms with E-state index in [-0.39, 0.29) is 11.3 Å². The summed E-state index contributed by atoms with van der Waals surface area (Å²) < 4.78 is 6.01. The zero-order valence-corrected chi connectivity index (χ0v) is 10.4. The van der Waals surface area contributed by atoms with Gasteiger partial charge in [0, 0.05) is 13.0 Å². The van der Waals surface area contributed by atoms with Gasteiger partial charge in [0.1, 0.15) is 17.9 Å². The van der Waals surface area contributed by atoms with E-state index in [1.807, 2.05) is 12.1 Å². The molecule has 1 aliphatic rings. The van der Waals surface area contributed by atoms with Gasteiger partial charge in [-0.15, -0.1) is 0 Å². The van der Waals surface area contributed by atoms with Gasteiger partial charge in [-0.2, -0.15) is 0 Å².